The number of nitrogens with two attached hydrogens (primary N) is 2. The molecular weight excluding hydrogens is 254 g/mol. The van der Waals surface area contributed by atoms with Gasteiger partial charge in [-0.2, -0.15) is 0 Å². The Kier molecular flexibility index (Phi) is 5.93. The van der Waals surface area contributed by atoms with Gasteiger partial charge >= 0.3 is 0 Å². The lowest BCUT2D eigenvalue weighted by molar-refractivity contribution is -0.128. The van der Waals surface area contributed by atoms with E-state index < -0.39 is 5.78 Å². The molecule has 0 atom stereocenters. The number of carbonyl (C=O) groups excluding carboxylic acids is 2. The average Bonchev–Trinajstić information content (AvgIpc) is 2.89. The van der Waals surface area contributed by atoms with Gasteiger partial charge in [-0.15, -0.1) is 0 Å². The van der Waals surface area contributed by atoms with Gasteiger partial charge in [0, 0.05) is 38.5 Å². The Morgan fingerprint density at radius 2 is 1.90 bits per heavy atom. The van der Waals surface area contributed by atoms with Crippen LogP contribution in [-0.2, 0) is 29.2 Å². The zero-order chi connectivity index (χ0) is 15.1. The van der Waals surface area contributed by atoms with E-state index in [1.54, 1.807) is 6.20 Å². The van der Waals surface area contributed by atoms with Gasteiger partial charge in [0.2, 0.25) is 0 Å². The Morgan fingerprint density at radius 3 is 2.40 bits per heavy atom. The number of rotatable bonds is 3. The van der Waals surface area contributed by atoms with Gasteiger partial charge in [0.05, 0.1) is 0 Å². The number of fused-ring (bicyclic) bond motifs is 1. The second kappa shape index (κ2) is 7.45. The number of allylic oxidation sites excluding steroid dienone is 1. The molecule has 1 aromatic carbocycles. The van der Waals surface area contributed by atoms with Crippen LogP contribution in [0.3, 0.4) is 0 Å². The minimum atomic E-state index is -0.426. The summed E-state index contributed by atoms with van der Waals surface area (Å²) in [6.07, 6.45) is 1.94. The van der Waals surface area contributed by atoms with E-state index >= 15 is 0 Å². The highest BCUT2D eigenvalue weighted by Crippen LogP contribution is 2.26. The first-order valence-electron chi connectivity index (χ1n) is 6.41. The van der Waals surface area contributed by atoms with Crippen LogP contribution in [-0.4, -0.2) is 17.0 Å². The van der Waals surface area contributed by atoms with Crippen molar-refractivity contribution in [2.75, 3.05) is 0 Å². The smallest absolute Gasteiger partial charge is 0.192 e. The lowest BCUT2D eigenvalue weighted by Crippen LogP contribution is -2.14. The van der Waals surface area contributed by atoms with Crippen LogP contribution in [0.25, 0.3) is 0 Å². The van der Waals surface area contributed by atoms with E-state index in [2.05, 4.69) is 23.1 Å². The van der Waals surface area contributed by atoms with Crippen LogP contribution in [0, 0.1) is 0 Å². The number of hydrogen-bond acceptors (Lipinski definition) is 5. The van der Waals surface area contributed by atoms with E-state index in [1.165, 1.54) is 23.6 Å². The molecule has 108 valence electrons. The fourth-order valence-corrected chi connectivity index (χ4v) is 1.93. The van der Waals surface area contributed by atoms with Gasteiger partial charge in [-0.05, 0) is 23.6 Å². The Labute approximate surface area is 119 Å². The van der Waals surface area contributed by atoms with Crippen molar-refractivity contribution in [3.05, 3.63) is 46.8 Å². The summed E-state index contributed by atoms with van der Waals surface area (Å²) in [5, 5.41) is 0. The molecule has 0 fully saturated rings. The lowest BCUT2D eigenvalue weighted by Gasteiger charge is -2.17. The SMILES string of the molecule is C/C(=C/N)N1Cc2ccc(CN)cc2C1.CC(=O)C=O. The topological polar surface area (TPSA) is 89.4 Å². The van der Waals surface area contributed by atoms with Crippen molar-refractivity contribution < 1.29 is 9.59 Å². The van der Waals surface area contributed by atoms with Gasteiger partial charge in [-0.25, -0.2) is 0 Å². The minimum Gasteiger partial charge on any atom is -0.403 e. The largest absolute Gasteiger partial charge is 0.403 e. The van der Waals surface area contributed by atoms with Crippen LogP contribution in [0.4, 0.5) is 0 Å². The summed E-state index contributed by atoms with van der Waals surface area (Å²) in [5.41, 5.74) is 16.2. The van der Waals surface area contributed by atoms with Crippen LogP contribution in [0.2, 0.25) is 0 Å². The molecule has 0 saturated carbocycles. The molecule has 0 unspecified atom stereocenters. The average molecular weight is 275 g/mol. The monoisotopic (exact) mass is 275 g/mol. The number of carbonyl (C=O) groups is 2. The standard InChI is InChI=1S/C12H17N3.C3H4O2/c1-9(5-13)15-7-11-3-2-10(6-14)4-12(11)8-15;1-3(5)2-4/h2-5H,6-8,13-14H2,1H3;2H,1H3/b9-5-;. The molecule has 0 radical (unpaired) electrons. The summed E-state index contributed by atoms with van der Waals surface area (Å²) >= 11 is 0. The summed E-state index contributed by atoms with van der Waals surface area (Å²) in [5.74, 6) is -0.426. The molecule has 0 aliphatic carbocycles. The summed E-state index contributed by atoms with van der Waals surface area (Å²) < 4.78 is 0. The summed E-state index contributed by atoms with van der Waals surface area (Å²) in [7, 11) is 0. The van der Waals surface area contributed by atoms with Gasteiger partial charge in [0.1, 0.15) is 0 Å². The summed E-state index contributed by atoms with van der Waals surface area (Å²) in [4.78, 5) is 20.9. The Balaban J connectivity index is 0.000000347. The number of ketones is 1. The maximum absolute atomic E-state index is 9.44. The van der Waals surface area contributed by atoms with E-state index in [9.17, 15) is 4.79 Å². The maximum atomic E-state index is 9.44. The normalized spacial score (nSPS) is 13.3. The molecule has 5 nitrogen and oxygen atoms in total. The molecule has 20 heavy (non-hydrogen) atoms. The molecule has 0 spiro atoms. The Morgan fingerprint density at radius 1 is 1.30 bits per heavy atom. The number of aldehydes is 1. The van der Waals surface area contributed by atoms with E-state index in [1.807, 2.05) is 6.92 Å². The number of hydrogen-bond donors (Lipinski definition) is 2. The molecule has 0 saturated heterocycles. The highest BCUT2D eigenvalue weighted by molar-refractivity contribution is 6.23. The molecular formula is C15H21N3O2. The van der Waals surface area contributed by atoms with E-state index in [0.29, 0.717) is 6.54 Å². The highest BCUT2D eigenvalue weighted by Gasteiger charge is 2.18. The van der Waals surface area contributed by atoms with E-state index in [-0.39, 0.29) is 6.29 Å². The molecule has 0 amide bonds. The zero-order valence-electron chi connectivity index (χ0n) is 11.9. The van der Waals surface area contributed by atoms with Gasteiger partial charge in [0.15, 0.2) is 12.1 Å². The predicted molar refractivity (Wildman–Crippen MR) is 78.3 cm³/mol. The fourth-order valence-electron chi connectivity index (χ4n) is 1.93. The molecule has 0 bridgehead atoms. The molecule has 1 aliphatic heterocycles. The van der Waals surface area contributed by atoms with Gasteiger partial charge < -0.3 is 16.4 Å². The van der Waals surface area contributed by atoms with Crippen molar-refractivity contribution in [2.45, 2.75) is 33.5 Å². The van der Waals surface area contributed by atoms with E-state index in [4.69, 9.17) is 16.3 Å². The Hall–Kier alpha value is -2.14. The second-order valence-corrected chi connectivity index (χ2v) is 4.70. The van der Waals surface area contributed by atoms with Crippen LogP contribution >= 0.6 is 0 Å². The van der Waals surface area contributed by atoms with Crippen molar-refractivity contribution in [2.24, 2.45) is 11.5 Å². The predicted octanol–water partition coefficient (Wildman–Crippen LogP) is 1.06. The van der Waals surface area contributed by atoms with Crippen LogP contribution in [0.15, 0.2) is 30.1 Å². The van der Waals surface area contributed by atoms with Gasteiger partial charge in [0.25, 0.3) is 0 Å². The fraction of sp³-hybridized carbons (Fsp3) is 0.333. The van der Waals surface area contributed by atoms with E-state index in [0.717, 1.165) is 18.8 Å². The third kappa shape index (κ3) is 4.20. The maximum Gasteiger partial charge on any atom is 0.192 e. The first-order chi connectivity index (χ1) is 9.51. The van der Waals surface area contributed by atoms with Crippen molar-refractivity contribution >= 4 is 12.1 Å². The minimum absolute atomic E-state index is 0.278. The molecule has 1 aromatic rings. The first kappa shape index (κ1) is 15.9. The van der Waals surface area contributed by atoms with Gasteiger partial charge in [-0.3, -0.25) is 9.59 Å². The van der Waals surface area contributed by atoms with Crippen molar-refractivity contribution in [1.82, 2.24) is 4.90 Å². The third-order valence-electron chi connectivity index (χ3n) is 3.13. The number of nitrogens with zero attached hydrogens (tertiary/aromatic N) is 1. The molecule has 1 heterocycles. The molecule has 0 aromatic heterocycles. The van der Waals surface area contributed by atoms with Crippen LogP contribution < -0.4 is 11.5 Å². The van der Waals surface area contributed by atoms with Crippen LogP contribution in [0.1, 0.15) is 30.5 Å². The third-order valence-corrected chi connectivity index (χ3v) is 3.13. The Bertz CT molecular complexity index is 524. The lowest BCUT2D eigenvalue weighted by atomic mass is 10.1. The molecule has 4 N–H and O–H groups in total. The molecule has 5 heteroatoms. The molecule has 2 rings (SSSR count). The zero-order valence-corrected chi connectivity index (χ0v) is 11.9. The van der Waals surface area contributed by atoms with Gasteiger partial charge in [-0.1, -0.05) is 18.2 Å². The van der Waals surface area contributed by atoms with Crippen molar-refractivity contribution in [3.8, 4) is 0 Å². The highest BCUT2D eigenvalue weighted by atomic mass is 16.2. The summed E-state index contributed by atoms with van der Waals surface area (Å²) in [6.45, 7) is 5.77. The number of Topliss-reactive ketones (excluding diaryl/α,β-unsaturated/α-hetero) is 1. The first-order valence-corrected chi connectivity index (χ1v) is 6.41. The van der Waals surface area contributed by atoms with Crippen molar-refractivity contribution in [1.29, 1.82) is 0 Å². The van der Waals surface area contributed by atoms with Crippen molar-refractivity contribution in [3.63, 3.8) is 0 Å². The van der Waals surface area contributed by atoms with Crippen LogP contribution in [0.5, 0.6) is 0 Å². The number of benzene rings is 1. The second-order valence-electron chi connectivity index (χ2n) is 4.70. The quantitative estimate of drug-likeness (QED) is 0.636. The summed E-state index contributed by atoms with van der Waals surface area (Å²) in [6, 6.07) is 6.46. The molecule has 1 aliphatic rings.